The van der Waals surface area contributed by atoms with Crippen LogP contribution in [0.2, 0.25) is 0 Å². The van der Waals surface area contributed by atoms with Gasteiger partial charge in [-0.2, -0.15) is 0 Å². The summed E-state index contributed by atoms with van der Waals surface area (Å²) in [5, 5.41) is 12.1. The lowest BCUT2D eigenvalue weighted by Gasteiger charge is -2.19. The Morgan fingerprint density at radius 2 is 1.47 bits per heavy atom. The second kappa shape index (κ2) is 11.4. The number of ether oxygens (including phenoxy) is 3. The minimum atomic E-state index is -1.18. The highest BCUT2D eigenvalue weighted by atomic mass is 16.6. The quantitative estimate of drug-likeness (QED) is 0.387. The fourth-order valence-electron chi connectivity index (χ4n) is 4.45. The molecular formula is C30H31NO7. The summed E-state index contributed by atoms with van der Waals surface area (Å²) in [6.07, 6.45) is -0.747. The van der Waals surface area contributed by atoms with Crippen LogP contribution >= 0.6 is 0 Å². The average molecular weight is 518 g/mol. The summed E-state index contributed by atoms with van der Waals surface area (Å²) in [5.41, 5.74) is 4.44. The van der Waals surface area contributed by atoms with Gasteiger partial charge in [0.1, 0.15) is 24.0 Å². The summed E-state index contributed by atoms with van der Waals surface area (Å²) >= 11 is 0. The van der Waals surface area contributed by atoms with Crippen molar-refractivity contribution in [2.24, 2.45) is 0 Å². The Bertz CT molecular complexity index is 1270. The van der Waals surface area contributed by atoms with E-state index in [2.05, 4.69) is 5.32 Å². The minimum absolute atomic E-state index is 0.0475. The molecule has 1 amide bonds. The van der Waals surface area contributed by atoms with E-state index in [1.54, 1.807) is 45.0 Å². The van der Waals surface area contributed by atoms with Crippen molar-refractivity contribution in [1.29, 1.82) is 0 Å². The zero-order valence-electron chi connectivity index (χ0n) is 21.6. The van der Waals surface area contributed by atoms with Gasteiger partial charge in [0.2, 0.25) is 0 Å². The van der Waals surface area contributed by atoms with Crippen molar-refractivity contribution < 1.29 is 33.7 Å². The number of carboxylic acid groups (broad SMARTS) is 1. The van der Waals surface area contributed by atoms with Gasteiger partial charge in [0.05, 0.1) is 0 Å². The lowest BCUT2D eigenvalue weighted by atomic mass is 9.98. The number of carbonyl (C=O) groups is 3. The number of carboxylic acids is 1. The molecule has 0 heterocycles. The van der Waals surface area contributed by atoms with Gasteiger partial charge in [-0.25, -0.2) is 14.4 Å². The van der Waals surface area contributed by atoms with Crippen LogP contribution < -0.4 is 10.1 Å². The Morgan fingerprint density at radius 1 is 0.895 bits per heavy atom. The van der Waals surface area contributed by atoms with Gasteiger partial charge >= 0.3 is 18.0 Å². The van der Waals surface area contributed by atoms with Gasteiger partial charge in [0, 0.05) is 12.3 Å². The number of aliphatic carboxylic acids is 1. The van der Waals surface area contributed by atoms with E-state index in [1.165, 1.54) is 0 Å². The highest BCUT2D eigenvalue weighted by molar-refractivity contribution is 5.81. The summed E-state index contributed by atoms with van der Waals surface area (Å²) in [4.78, 5) is 36.2. The summed E-state index contributed by atoms with van der Waals surface area (Å²) in [6.45, 7) is 5.17. The highest BCUT2D eigenvalue weighted by Gasteiger charge is 2.30. The van der Waals surface area contributed by atoms with Crippen molar-refractivity contribution >= 4 is 18.0 Å². The van der Waals surface area contributed by atoms with Crippen molar-refractivity contribution in [2.45, 2.75) is 44.8 Å². The summed E-state index contributed by atoms with van der Waals surface area (Å²) in [5.74, 6) is -1.34. The van der Waals surface area contributed by atoms with E-state index in [4.69, 9.17) is 14.2 Å². The predicted molar refractivity (Wildman–Crippen MR) is 141 cm³/mol. The van der Waals surface area contributed by atoms with E-state index in [1.807, 2.05) is 48.5 Å². The number of hydrogen-bond acceptors (Lipinski definition) is 6. The van der Waals surface area contributed by atoms with Crippen molar-refractivity contribution in [2.75, 3.05) is 13.2 Å². The number of esters is 1. The van der Waals surface area contributed by atoms with Crippen LogP contribution in [0.5, 0.6) is 5.75 Å². The molecule has 0 aromatic heterocycles. The molecule has 0 bridgehead atoms. The molecule has 8 nitrogen and oxygen atoms in total. The molecule has 2 N–H and O–H groups in total. The standard InChI is InChI=1S/C30H31NO7/c1-30(2,3)38-27(32)18-36-20-14-12-19(13-15-20)16-26(28(33)34)31-29(35)37-17-25-23-10-6-4-8-21(23)22-9-5-7-11-24(22)25/h4-15,25-26H,16-18H2,1-3H3,(H,31,35)(H,33,34). The zero-order chi connectivity index (χ0) is 27.3. The first-order chi connectivity index (χ1) is 18.1. The van der Waals surface area contributed by atoms with Crippen LogP contribution in [0, 0.1) is 0 Å². The zero-order valence-corrected chi connectivity index (χ0v) is 21.6. The van der Waals surface area contributed by atoms with Crippen LogP contribution in [0.4, 0.5) is 4.79 Å². The Hall–Kier alpha value is -4.33. The van der Waals surface area contributed by atoms with Crippen LogP contribution in [0.3, 0.4) is 0 Å². The van der Waals surface area contributed by atoms with Gasteiger partial charge in [0.15, 0.2) is 6.61 Å². The Kier molecular flexibility index (Phi) is 8.00. The maximum atomic E-state index is 12.6. The molecule has 8 heteroatoms. The normalized spacial score (nSPS) is 13.1. The van der Waals surface area contributed by atoms with Gasteiger partial charge in [-0.3, -0.25) is 0 Å². The first-order valence-corrected chi connectivity index (χ1v) is 12.4. The number of alkyl carbamates (subject to hydrolysis) is 1. The summed E-state index contributed by atoms with van der Waals surface area (Å²) < 4.78 is 16.1. The third-order valence-corrected chi connectivity index (χ3v) is 6.07. The van der Waals surface area contributed by atoms with Gasteiger partial charge in [0.25, 0.3) is 0 Å². The van der Waals surface area contributed by atoms with E-state index in [0.29, 0.717) is 11.3 Å². The maximum absolute atomic E-state index is 12.6. The largest absolute Gasteiger partial charge is 0.482 e. The van der Waals surface area contributed by atoms with Crippen LogP contribution in [-0.2, 0) is 25.5 Å². The summed E-state index contributed by atoms with van der Waals surface area (Å²) in [7, 11) is 0. The molecule has 0 aliphatic heterocycles. The monoisotopic (exact) mass is 517 g/mol. The molecule has 0 radical (unpaired) electrons. The van der Waals surface area contributed by atoms with Gasteiger partial charge in [-0.1, -0.05) is 60.7 Å². The van der Waals surface area contributed by atoms with Crippen molar-refractivity contribution in [3.63, 3.8) is 0 Å². The van der Waals surface area contributed by atoms with Crippen molar-refractivity contribution in [1.82, 2.24) is 5.32 Å². The molecule has 3 aromatic carbocycles. The number of carbonyl (C=O) groups excluding carboxylic acids is 2. The molecule has 0 saturated carbocycles. The fraction of sp³-hybridized carbons (Fsp3) is 0.300. The lowest BCUT2D eigenvalue weighted by molar-refractivity contribution is -0.157. The molecule has 0 spiro atoms. The molecule has 3 aromatic rings. The number of fused-ring (bicyclic) bond motifs is 3. The van der Waals surface area contributed by atoms with E-state index in [9.17, 15) is 19.5 Å². The van der Waals surface area contributed by atoms with Crippen LogP contribution in [0.15, 0.2) is 72.8 Å². The minimum Gasteiger partial charge on any atom is -0.482 e. The molecule has 1 aliphatic rings. The SMILES string of the molecule is CC(C)(C)OC(=O)COc1ccc(CC(NC(=O)OCC2c3ccccc3-c3ccccc32)C(=O)O)cc1. The molecule has 0 fully saturated rings. The third kappa shape index (κ3) is 6.70. The Morgan fingerprint density at radius 3 is 2.03 bits per heavy atom. The highest BCUT2D eigenvalue weighted by Crippen LogP contribution is 2.44. The Balaban J connectivity index is 1.31. The molecule has 198 valence electrons. The van der Waals surface area contributed by atoms with Crippen LogP contribution in [-0.4, -0.2) is 48.0 Å². The topological polar surface area (TPSA) is 111 Å². The molecular weight excluding hydrogens is 486 g/mol. The molecule has 1 aliphatic carbocycles. The number of rotatable bonds is 9. The third-order valence-electron chi connectivity index (χ3n) is 6.07. The molecule has 4 rings (SSSR count). The number of amides is 1. The first kappa shape index (κ1) is 26.7. The van der Waals surface area contributed by atoms with E-state index < -0.39 is 29.7 Å². The predicted octanol–water partition coefficient (Wildman–Crippen LogP) is 4.94. The average Bonchev–Trinajstić information content (AvgIpc) is 3.19. The molecule has 1 unspecified atom stereocenters. The fourth-order valence-corrected chi connectivity index (χ4v) is 4.45. The maximum Gasteiger partial charge on any atom is 0.407 e. The van der Waals surface area contributed by atoms with Crippen LogP contribution in [0.25, 0.3) is 11.1 Å². The Labute approximate surface area is 221 Å². The van der Waals surface area contributed by atoms with E-state index in [-0.39, 0.29) is 25.6 Å². The number of benzene rings is 3. The second-order valence-corrected chi connectivity index (χ2v) is 10.1. The summed E-state index contributed by atoms with van der Waals surface area (Å²) in [6, 6.07) is 21.4. The van der Waals surface area contributed by atoms with Gasteiger partial charge in [-0.15, -0.1) is 0 Å². The molecule has 1 atom stereocenters. The van der Waals surface area contributed by atoms with E-state index in [0.717, 1.165) is 22.3 Å². The smallest absolute Gasteiger partial charge is 0.407 e. The molecule has 0 saturated heterocycles. The number of nitrogens with one attached hydrogen (secondary N) is 1. The van der Waals surface area contributed by atoms with Crippen molar-refractivity contribution in [3.8, 4) is 16.9 Å². The molecule has 38 heavy (non-hydrogen) atoms. The van der Waals surface area contributed by atoms with Crippen molar-refractivity contribution in [3.05, 3.63) is 89.5 Å². The van der Waals surface area contributed by atoms with Gasteiger partial charge < -0.3 is 24.6 Å². The second-order valence-electron chi connectivity index (χ2n) is 10.1. The van der Waals surface area contributed by atoms with Crippen LogP contribution in [0.1, 0.15) is 43.4 Å². The van der Waals surface area contributed by atoms with Gasteiger partial charge in [-0.05, 0) is 60.7 Å². The number of hydrogen-bond donors (Lipinski definition) is 2. The first-order valence-electron chi connectivity index (χ1n) is 12.4. The lowest BCUT2D eigenvalue weighted by Crippen LogP contribution is -2.42. The van der Waals surface area contributed by atoms with E-state index >= 15 is 0 Å².